The zero-order chi connectivity index (χ0) is 22.6. The number of ether oxygens (including phenoxy) is 4. The number of methoxy groups -OCH3 is 2. The Morgan fingerprint density at radius 3 is 2.72 bits per heavy atom. The van der Waals surface area contributed by atoms with E-state index < -0.39 is 0 Å². The first kappa shape index (κ1) is 20.1. The van der Waals surface area contributed by atoms with Crippen LogP contribution in [0, 0.1) is 11.3 Å². The van der Waals surface area contributed by atoms with Gasteiger partial charge in [0, 0.05) is 22.6 Å². The molecule has 0 bridgehead atoms. The summed E-state index contributed by atoms with van der Waals surface area (Å²) in [6, 6.07) is 3.88. The van der Waals surface area contributed by atoms with Crippen LogP contribution in [-0.4, -0.2) is 40.3 Å². The van der Waals surface area contributed by atoms with E-state index in [1.54, 1.807) is 31.2 Å². The van der Waals surface area contributed by atoms with Crippen LogP contribution in [0.15, 0.2) is 17.1 Å². The second kappa shape index (κ2) is 7.42. The molecular formula is C21H19N5O5S. The highest BCUT2D eigenvalue weighted by molar-refractivity contribution is 7.17. The molecule has 0 spiro atoms. The van der Waals surface area contributed by atoms with Gasteiger partial charge in [-0.3, -0.25) is 9.36 Å². The van der Waals surface area contributed by atoms with E-state index in [-0.39, 0.29) is 24.3 Å². The molecule has 1 aliphatic rings. The number of rotatable bonds is 5. The standard InChI is InChI=1S/C21H19N5O5S/c1-10(2)26-19-12(8-23-26)14(18-20(24-19)25(6-5-22)21(27)32-18)11-7-13(28-3)16-17(15(11)29-4)31-9-30-16/h7-8,10H,6,9H2,1-4H3. The first-order valence-electron chi connectivity index (χ1n) is 9.82. The molecule has 0 N–H and O–H groups in total. The number of hydrogen-bond acceptors (Lipinski definition) is 9. The molecule has 32 heavy (non-hydrogen) atoms. The number of hydrogen-bond donors (Lipinski definition) is 0. The molecular weight excluding hydrogens is 434 g/mol. The maximum Gasteiger partial charge on any atom is 0.310 e. The summed E-state index contributed by atoms with van der Waals surface area (Å²) in [6.45, 7) is 3.94. The predicted molar refractivity (Wildman–Crippen MR) is 118 cm³/mol. The van der Waals surface area contributed by atoms with E-state index in [9.17, 15) is 10.1 Å². The predicted octanol–water partition coefficient (Wildman–Crippen LogP) is 3.33. The highest BCUT2D eigenvalue weighted by Gasteiger charge is 2.31. The summed E-state index contributed by atoms with van der Waals surface area (Å²) >= 11 is 1.03. The molecule has 0 unspecified atom stereocenters. The van der Waals surface area contributed by atoms with Gasteiger partial charge >= 0.3 is 4.87 Å². The van der Waals surface area contributed by atoms with Crippen molar-refractivity contribution in [3.8, 4) is 40.2 Å². The summed E-state index contributed by atoms with van der Waals surface area (Å²) < 4.78 is 26.3. The molecule has 164 valence electrons. The molecule has 0 amide bonds. The van der Waals surface area contributed by atoms with Gasteiger partial charge in [-0.05, 0) is 19.9 Å². The fraction of sp³-hybridized carbons (Fsp3) is 0.333. The van der Waals surface area contributed by atoms with Crippen LogP contribution in [0.25, 0.3) is 32.5 Å². The monoisotopic (exact) mass is 453 g/mol. The third-order valence-electron chi connectivity index (χ3n) is 5.32. The van der Waals surface area contributed by atoms with Crippen molar-refractivity contribution >= 4 is 32.7 Å². The van der Waals surface area contributed by atoms with Gasteiger partial charge < -0.3 is 18.9 Å². The minimum atomic E-state index is -0.265. The molecule has 1 aromatic carbocycles. The van der Waals surface area contributed by atoms with E-state index in [1.807, 2.05) is 19.9 Å². The van der Waals surface area contributed by atoms with E-state index >= 15 is 0 Å². The molecule has 4 heterocycles. The Bertz CT molecular complexity index is 1480. The average Bonchev–Trinajstić information content (AvgIpc) is 3.49. The van der Waals surface area contributed by atoms with Crippen molar-refractivity contribution in [1.29, 1.82) is 5.26 Å². The first-order chi connectivity index (χ1) is 15.5. The molecule has 0 saturated heterocycles. The van der Waals surface area contributed by atoms with Crippen LogP contribution in [0.1, 0.15) is 19.9 Å². The van der Waals surface area contributed by atoms with Crippen molar-refractivity contribution in [3.05, 3.63) is 21.9 Å². The van der Waals surface area contributed by atoms with Crippen molar-refractivity contribution in [1.82, 2.24) is 19.3 Å². The van der Waals surface area contributed by atoms with Gasteiger partial charge in [0.25, 0.3) is 0 Å². The molecule has 11 heteroatoms. The Morgan fingerprint density at radius 1 is 1.25 bits per heavy atom. The number of aromatic nitrogens is 4. The summed E-state index contributed by atoms with van der Waals surface area (Å²) in [6.07, 6.45) is 1.73. The fourth-order valence-electron chi connectivity index (χ4n) is 3.95. The number of thiazole rings is 1. The summed E-state index contributed by atoms with van der Waals surface area (Å²) in [4.78, 5) is 17.2. The second-order valence-corrected chi connectivity index (χ2v) is 8.36. The Morgan fingerprint density at radius 2 is 2.03 bits per heavy atom. The van der Waals surface area contributed by atoms with E-state index in [4.69, 9.17) is 23.9 Å². The fourth-order valence-corrected chi connectivity index (χ4v) is 4.95. The van der Waals surface area contributed by atoms with Crippen LogP contribution in [0.3, 0.4) is 0 Å². The van der Waals surface area contributed by atoms with Crippen molar-refractivity contribution < 1.29 is 18.9 Å². The van der Waals surface area contributed by atoms with E-state index in [1.165, 1.54) is 4.57 Å². The topological polar surface area (TPSA) is 113 Å². The lowest BCUT2D eigenvalue weighted by molar-refractivity contribution is 0.168. The first-order valence-corrected chi connectivity index (χ1v) is 10.6. The molecule has 3 aromatic heterocycles. The zero-order valence-electron chi connectivity index (χ0n) is 17.8. The van der Waals surface area contributed by atoms with E-state index in [0.29, 0.717) is 50.1 Å². The summed E-state index contributed by atoms with van der Waals surface area (Å²) in [5, 5.41) is 14.5. The lowest BCUT2D eigenvalue weighted by Gasteiger charge is -2.15. The molecule has 10 nitrogen and oxygen atoms in total. The van der Waals surface area contributed by atoms with E-state index in [0.717, 1.165) is 16.7 Å². The molecule has 4 aromatic rings. The SMILES string of the molecule is COc1cc(-c2c3cnn(C(C)C)c3nc3c2sc(=O)n3CC#N)c(OC)c2c1OCO2. The Kier molecular flexibility index (Phi) is 4.67. The maximum atomic E-state index is 12.8. The second-order valence-electron chi connectivity index (χ2n) is 7.40. The van der Waals surface area contributed by atoms with Gasteiger partial charge in [0.1, 0.15) is 6.54 Å². The van der Waals surface area contributed by atoms with Crippen LogP contribution in [0.2, 0.25) is 0 Å². The van der Waals surface area contributed by atoms with Crippen LogP contribution in [0.5, 0.6) is 23.0 Å². The highest BCUT2D eigenvalue weighted by atomic mass is 32.1. The maximum absolute atomic E-state index is 12.8. The van der Waals surface area contributed by atoms with Gasteiger partial charge in [0.2, 0.25) is 18.3 Å². The molecule has 5 rings (SSSR count). The van der Waals surface area contributed by atoms with Crippen LogP contribution in [0.4, 0.5) is 0 Å². The van der Waals surface area contributed by atoms with Gasteiger partial charge in [-0.15, -0.1) is 0 Å². The largest absolute Gasteiger partial charge is 0.493 e. The minimum Gasteiger partial charge on any atom is -0.493 e. The summed E-state index contributed by atoms with van der Waals surface area (Å²) in [7, 11) is 3.09. The quantitative estimate of drug-likeness (QED) is 0.452. The van der Waals surface area contributed by atoms with E-state index in [2.05, 4.69) is 5.10 Å². The van der Waals surface area contributed by atoms with Gasteiger partial charge in [-0.1, -0.05) is 11.3 Å². The van der Waals surface area contributed by atoms with Gasteiger partial charge in [0.05, 0.1) is 31.2 Å². The number of benzene rings is 1. The van der Waals surface area contributed by atoms with Crippen LogP contribution in [-0.2, 0) is 6.54 Å². The zero-order valence-corrected chi connectivity index (χ0v) is 18.6. The highest BCUT2D eigenvalue weighted by Crippen LogP contribution is 2.54. The molecule has 0 aliphatic carbocycles. The third kappa shape index (κ3) is 2.73. The summed E-state index contributed by atoms with van der Waals surface area (Å²) in [5.74, 6) is 1.83. The summed E-state index contributed by atoms with van der Waals surface area (Å²) in [5.41, 5.74) is 2.39. The third-order valence-corrected chi connectivity index (χ3v) is 6.31. The normalized spacial score (nSPS) is 12.6. The smallest absolute Gasteiger partial charge is 0.310 e. The number of pyridine rings is 1. The average molecular weight is 453 g/mol. The molecule has 0 atom stereocenters. The van der Waals surface area contributed by atoms with Crippen molar-refractivity contribution in [2.45, 2.75) is 26.4 Å². The van der Waals surface area contributed by atoms with Crippen molar-refractivity contribution in [3.63, 3.8) is 0 Å². The molecule has 1 aliphatic heterocycles. The van der Waals surface area contributed by atoms with Crippen molar-refractivity contribution in [2.24, 2.45) is 0 Å². The lowest BCUT2D eigenvalue weighted by atomic mass is 10.0. The number of fused-ring (bicyclic) bond motifs is 3. The molecule has 0 saturated carbocycles. The number of nitrogens with zero attached hydrogens (tertiary/aromatic N) is 5. The Balaban J connectivity index is 1.98. The number of nitriles is 1. The minimum absolute atomic E-state index is 0.0354. The van der Waals surface area contributed by atoms with Crippen LogP contribution < -0.4 is 23.8 Å². The Labute approximate surface area is 186 Å². The molecule has 0 fully saturated rings. The van der Waals surface area contributed by atoms with Crippen LogP contribution >= 0.6 is 11.3 Å². The van der Waals surface area contributed by atoms with Gasteiger partial charge in [-0.2, -0.15) is 10.4 Å². The van der Waals surface area contributed by atoms with Gasteiger partial charge in [0.15, 0.2) is 22.8 Å². The van der Waals surface area contributed by atoms with Crippen molar-refractivity contribution in [2.75, 3.05) is 21.0 Å². The van der Waals surface area contributed by atoms with Gasteiger partial charge in [-0.25, -0.2) is 9.67 Å². The molecule has 0 radical (unpaired) electrons. The lowest BCUT2D eigenvalue weighted by Crippen LogP contribution is -2.12. The Hall–Kier alpha value is -3.78.